The van der Waals surface area contributed by atoms with Gasteiger partial charge in [0.1, 0.15) is 0 Å². The summed E-state index contributed by atoms with van der Waals surface area (Å²) < 4.78 is 83.5. The number of carbonyl (C=O) groups is 1. The molecule has 1 aliphatic rings. The topological polar surface area (TPSA) is 53.0 Å². The number of halogens is 6. The number of hydrogen-bond acceptors (Lipinski definition) is 5. The van der Waals surface area contributed by atoms with Crippen molar-refractivity contribution in [3.05, 3.63) is 95.1 Å². The van der Waals surface area contributed by atoms with E-state index in [2.05, 4.69) is 9.80 Å². The zero-order valence-corrected chi connectivity index (χ0v) is 21.6. The lowest BCUT2D eigenvalue weighted by Gasteiger charge is -2.34. The van der Waals surface area contributed by atoms with Crippen molar-refractivity contribution in [3.8, 4) is 11.1 Å². The first-order valence-electron chi connectivity index (χ1n) is 12.5. The number of carbonyl (C=O) groups excluding carboxylic acids is 1. The van der Waals surface area contributed by atoms with Crippen LogP contribution in [0.1, 0.15) is 27.0 Å². The number of aliphatic hydroxyl groups is 1. The van der Waals surface area contributed by atoms with E-state index >= 15 is 0 Å². The maximum atomic E-state index is 13.1. The Morgan fingerprint density at radius 1 is 0.700 bits per heavy atom. The smallest absolute Gasteiger partial charge is 0.430 e. The van der Waals surface area contributed by atoms with Gasteiger partial charge in [-0.2, -0.15) is 26.3 Å². The summed E-state index contributed by atoms with van der Waals surface area (Å²) in [6, 6.07) is 18.2. The molecule has 0 aliphatic carbocycles. The summed E-state index contributed by atoms with van der Waals surface area (Å²) in [5.41, 5.74) is -2.54. The van der Waals surface area contributed by atoms with Crippen LogP contribution in [0.5, 0.6) is 0 Å². The van der Waals surface area contributed by atoms with Crippen molar-refractivity contribution >= 4 is 5.97 Å². The summed E-state index contributed by atoms with van der Waals surface area (Å²) in [7, 11) is 1.35. The first kappa shape index (κ1) is 29.6. The Kier molecular flexibility index (Phi) is 8.57. The highest BCUT2D eigenvalue weighted by molar-refractivity contribution is 5.89. The Hall–Kier alpha value is -3.41. The van der Waals surface area contributed by atoms with E-state index in [4.69, 9.17) is 4.74 Å². The Bertz CT molecular complexity index is 1270. The van der Waals surface area contributed by atoms with Gasteiger partial charge in [0.05, 0.1) is 12.7 Å². The first-order valence-corrected chi connectivity index (χ1v) is 12.5. The molecular weight excluding hydrogens is 538 g/mol. The number of nitrogens with zero attached hydrogens (tertiary/aromatic N) is 2. The molecule has 3 aromatic rings. The van der Waals surface area contributed by atoms with E-state index in [9.17, 15) is 36.2 Å². The van der Waals surface area contributed by atoms with E-state index in [0.717, 1.165) is 56.0 Å². The maximum Gasteiger partial charge on any atom is 0.430 e. The lowest BCUT2D eigenvalue weighted by molar-refractivity contribution is -0.376. The van der Waals surface area contributed by atoms with E-state index in [1.807, 2.05) is 24.3 Å². The quantitative estimate of drug-likeness (QED) is 0.291. The zero-order valence-electron chi connectivity index (χ0n) is 21.6. The number of hydrogen-bond donors (Lipinski definition) is 1. The lowest BCUT2D eigenvalue weighted by Crippen LogP contribution is -2.53. The average molecular weight is 567 g/mol. The predicted molar refractivity (Wildman–Crippen MR) is 136 cm³/mol. The van der Waals surface area contributed by atoms with E-state index in [0.29, 0.717) is 35.4 Å². The molecule has 1 heterocycles. The molecule has 0 atom stereocenters. The van der Waals surface area contributed by atoms with Crippen LogP contribution >= 0.6 is 0 Å². The summed E-state index contributed by atoms with van der Waals surface area (Å²) >= 11 is 0. The molecule has 214 valence electrons. The van der Waals surface area contributed by atoms with Crippen molar-refractivity contribution in [1.29, 1.82) is 0 Å². The van der Waals surface area contributed by atoms with Crippen molar-refractivity contribution in [3.63, 3.8) is 0 Å². The van der Waals surface area contributed by atoms with Gasteiger partial charge in [-0.25, -0.2) is 4.79 Å². The molecule has 1 saturated heterocycles. The van der Waals surface area contributed by atoms with Crippen LogP contribution in [0.15, 0.2) is 72.8 Å². The third-order valence-electron chi connectivity index (χ3n) is 7.06. The molecule has 0 saturated carbocycles. The number of ether oxygens (including phenoxy) is 1. The minimum atomic E-state index is -5.92. The monoisotopic (exact) mass is 566 g/mol. The number of piperazine rings is 1. The summed E-state index contributed by atoms with van der Waals surface area (Å²) in [6.45, 7) is 4.91. The van der Waals surface area contributed by atoms with Crippen molar-refractivity contribution in [2.75, 3.05) is 33.3 Å². The van der Waals surface area contributed by atoms with Crippen LogP contribution < -0.4 is 0 Å². The van der Waals surface area contributed by atoms with Crippen LogP contribution in [0.2, 0.25) is 0 Å². The summed E-state index contributed by atoms with van der Waals surface area (Å²) in [4.78, 5) is 16.2. The molecule has 5 nitrogen and oxygen atoms in total. The molecule has 4 rings (SSSR count). The van der Waals surface area contributed by atoms with Gasteiger partial charge in [0, 0.05) is 44.8 Å². The van der Waals surface area contributed by atoms with E-state index in [1.165, 1.54) is 7.11 Å². The molecule has 1 aliphatic heterocycles. The van der Waals surface area contributed by atoms with E-state index in [1.54, 1.807) is 24.3 Å². The third-order valence-corrected chi connectivity index (χ3v) is 7.06. The molecule has 11 heteroatoms. The van der Waals surface area contributed by atoms with Crippen molar-refractivity contribution < 1.29 is 41.0 Å². The number of esters is 1. The minimum Gasteiger partial charge on any atom is -0.465 e. The molecule has 3 aromatic carbocycles. The highest BCUT2D eigenvalue weighted by Gasteiger charge is 2.71. The highest BCUT2D eigenvalue weighted by Crippen LogP contribution is 2.50. The molecule has 1 N–H and O–H groups in total. The average Bonchev–Trinajstić information content (AvgIpc) is 2.93. The molecular formula is C29H28F6N2O3. The second-order valence-corrected chi connectivity index (χ2v) is 9.72. The number of rotatable bonds is 7. The second kappa shape index (κ2) is 11.6. The summed E-state index contributed by atoms with van der Waals surface area (Å²) in [6.07, 6.45) is -11.8. The predicted octanol–water partition coefficient (Wildman–Crippen LogP) is 5.77. The normalized spacial score (nSPS) is 15.7. The number of benzene rings is 3. The Morgan fingerprint density at radius 2 is 1.07 bits per heavy atom. The van der Waals surface area contributed by atoms with Gasteiger partial charge in [-0.15, -0.1) is 0 Å². The number of alkyl halides is 6. The maximum absolute atomic E-state index is 13.1. The van der Waals surface area contributed by atoms with Gasteiger partial charge in [-0.05, 0) is 34.4 Å². The lowest BCUT2D eigenvalue weighted by atomic mass is 9.90. The summed E-state index contributed by atoms with van der Waals surface area (Å²) in [5, 5.41) is 9.56. The molecule has 40 heavy (non-hydrogen) atoms. The fraction of sp³-hybridized carbons (Fsp3) is 0.345. The van der Waals surface area contributed by atoms with E-state index in [-0.39, 0.29) is 5.97 Å². The molecule has 1 fully saturated rings. The minimum absolute atomic E-state index is 0.370. The molecule has 0 radical (unpaired) electrons. The SMILES string of the molecule is COC(=O)c1ccc(CN2CCN(Cc3ccc(-c4ccc(C(O)(C(F)(F)F)C(F)(F)F)cc4)cc3)CC2)cc1. The zero-order chi connectivity index (χ0) is 29.1. The van der Waals surface area contributed by atoms with Crippen molar-refractivity contribution in [2.24, 2.45) is 0 Å². The molecule has 0 spiro atoms. The Morgan fingerprint density at radius 3 is 1.45 bits per heavy atom. The van der Waals surface area contributed by atoms with Crippen LogP contribution in [0.4, 0.5) is 26.3 Å². The van der Waals surface area contributed by atoms with E-state index < -0.39 is 23.5 Å². The largest absolute Gasteiger partial charge is 0.465 e. The Labute approximate surface area is 227 Å². The van der Waals surface area contributed by atoms with Gasteiger partial charge in [-0.3, -0.25) is 9.80 Å². The van der Waals surface area contributed by atoms with Crippen LogP contribution in [0.25, 0.3) is 11.1 Å². The molecule has 0 aromatic heterocycles. The van der Waals surface area contributed by atoms with Gasteiger partial charge in [0.2, 0.25) is 0 Å². The van der Waals surface area contributed by atoms with Crippen LogP contribution in [-0.2, 0) is 23.4 Å². The molecule has 0 bridgehead atoms. The van der Waals surface area contributed by atoms with Crippen molar-refractivity contribution in [2.45, 2.75) is 31.0 Å². The fourth-order valence-electron chi connectivity index (χ4n) is 4.68. The van der Waals surface area contributed by atoms with Gasteiger partial charge >= 0.3 is 18.3 Å². The first-order chi connectivity index (χ1) is 18.8. The molecule has 0 unspecified atom stereocenters. The van der Waals surface area contributed by atoms with Crippen LogP contribution in [0.3, 0.4) is 0 Å². The standard InChI is InChI=1S/C29H28F6N2O3/c1-40-26(38)24-8-4-21(5-9-24)19-37-16-14-36(15-17-37)18-20-2-6-22(7-3-20)23-10-12-25(13-11-23)27(39,28(30,31)32)29(33,34)35/h2-13,39H,14-19H2,1H3. The van der Waals surface area contributed by atoms with Crippen LogP contribution in [0, 0.1) is 0 Å². The number of methoxy groups -OCH3 is 1. The molecule has 0 amide bonds. The fourth-order valence-corrected chi connectivity index (χ4v) is 4.68. The van der Waals surface area contributed by atoms with Crippen LogP contribution in [-0.4, -0.2) is 66.5 Å². The van der Waals surface area contributed by atoms with Gasteiger partial charge in [0.25, 0.3) is 5.60 Å². The van der Waals surface area contributed by atoms with Gasteiger partial charge in [-0.1, -0.05) is 60.7 Å². The van der Waals surface area contributed by atoms with Crippen molar-refractivity contribution in [1.82, 2.24) is 9.80 Å². The second-order valence-electron chi connectivity index (χ2n) is 9.72. The third kappa shape index (κ3) is 6.32. The highest BCUT2D eigenvalue weighted by atomic mass is 19.4. The summed E-state index contributed by atoms with van der Waals surface area (Å²) in [5.74, 6) is -0.370. The Balaban J connectivity index is 1.32. The van der Waals surface area contributed by atoms with Gasteiger partial charge < -0.3 is 9.84 Å². The van der Waals surface area contributed by atoms with Gasteiger partial charge in [0.15, 0.2) is 0 Å².